The number of rotatable bonds is 6. The van der Waals surface area contributed by atoms with Crippen molar-refractivity contribution in [3.8, 4) is 5.75 Å². The van der Waals surface area contributed by atoms with Crippen LogP contribution in [0.5, 0.6) is 5.75 Å². The van der Waals surface area contributed by atoms with Crippen LogP contribution in [0.2, 0.25) is 0 Å². The monoisotopic (exact) mass is 286 g/mol. The van der Waals surface area contributed by atoms with Crippen molar-refractivity contribution < 1.29 is 19.1 Å². The van der Waals surface area contributed by atoms with Gasteiger partial charge in [0.15, 0.2) is 12.4 Å². The number of aldehydes is 1. The highest BCUT2D eigenvalue weighted by Gasteiger charge is 2.21. The van der Waals surface area contributed by atoms with Gasteiger partial charge in [-0.25, -0.2) is 4.79 Å². The third kappa shape index (κ3) is 3.21. The van der Waals surface area contributed by atoms with E-state index in [-0.39, 0.29) is 0 Å². The Balaban J connectivity index is 2.37. The van der Waals surface area contributed by atoms with E-state index < -0.39 is 12.1 Å². The van der Waals surface area contributed by atoms with Gasteiger partial charge in [0, 0.05) is 0 Å². The molecule has 21 heavy (non-hydrogen) atoms. The van der Waals surface area contributed by atoms with Gasteiger partial charge in [-0.2, -0.15) is 0 Å². The summed E-state index contributed by atoms with van der Waals surface area (Å²) in [5, 5.41) is 1.76. The maximum atomic E-state index is 11.8. The van der Waals surface area contributed by atoms with Crippen molar-refractivity contribution in [2.45, 2.75) is 26.4 Å². The molecule has 2 rings (SSSR count). The van der Waals surface area contributed by atoms with Crippen LogP contribution in [-0.4, -0.2) is 25.0 Å². The summed E-state index contributed by atoms with van der Waals surface area (Å²) >= 11 is 0. The molecule has 0 aliphatic carbocycles. The topological polar surface area (TPSA) is 52.6 Å². The fraction of sp³-hybridized carbons (Fsp3) is 0.294. The summed E-state index contributed by atoms with van der Waals surface area (Å²) in [6.45, 7) is 3.89. The number of hydrogen-bond donors (Lipinski definition) is 0. The molecule has 0 aromatic heterocycles. The summed E-state index contributed by atoms with van der Waals surface area (Å²) in [4.78, 5) is 23.2. The number of hydrogen-bond acceptors (Lipinski definition) is 4. The molecule has 0 radical (unpaired) electrons. The van der Waals surface area contributed by atoms with Gasteiger partial charge < -0.3 is 9.47 Å². The van der Waals surface area contributed by atoms with Crippen molar-refractivity contribution in [2.75, 3.05) is 6.61 Å². The van der Waals surface area contributed by atoms with E-state index in [1.54, 1.807) is 13.0 Å². The first-order chi connectivity index (χ1) is 10.2. The first kappa shape index (κ1) is 15.0. The Hall–Kier alpha value is -2.36. The molecule has 0 N–H and O–H groups in total. The van der Waals surface area contributed by atoms with Crippen molar-refractivity contribution in [1.82, 2.24) is 0 Å². The summed E-state index contributed by atoms with van der Waals surface area (Å²) < 4.78 is 10.7. The van der Waals surface area contributed by atoms with Crippen LogP contribution in [0, 0.1) is 0 Å². The van der Waals surface area contributed by atoms with Crippen LogP contribution >= 0.6 is 0 Å². The van der Waals surface area contributed by atoms with Gasteiger partial charge >= 0.3 is 5.97 Å². The van der Waals surface area contributed by atoms with E-state index in [4.69, 9.17) is 9.47 Å². The van der Waals surface area contributed by atoms with Crippen LogP contribution in [0.3, 0.4) is 0 Å². The number of fused-ring (bicyclic) bond motifs is 1. The molecule has 4 heteroatoms. The molecule has 1 atom stereocenters. The lowest BCUT2D eigenvalue weighted by atomic mass is 10.0. The Kier molecular flexibility index (Phi) is 4.93. The SMILES string of the molecule is CCOC(=O)C(CC)Oc1ccc2ccccc2c1C=O. The van der Waals surface area contributed by atoms with Crippen molar-refractivity contribution >= 4 is 23.0 Å². The number of carbonyl (C=O) groups excluding carboxylic acids is 2. The maximum Gasteiger partial charge on any atom is 0.347 e. The Morgan fingerprint density at radius 3 is 2.62 bits per heavy atom. The van der Waals surface area contributed by atoms with Gasteiger partial charge in [-0.15, -0.1) is 0 Å². The molecule has 1 unspecified atom stereocenters. The summed E-state index contributed by atoms with van der Waals surface area (Å²) in [5.41, 5.74) is 0.454. The van der Waals surface area contributed by atoms with E-state index in [1.807, 2.05) is 37.3 Å². The molecule has 4 nitrogen and oxygen atoms in total. The molecular formula is C17H18O4. The molecule has 0 saturated heterocycles. The van der Waals surface area contributed by atoms with Gasteiger partial charge in [-0.3, -0.25) is 4.79 Å². The molecule has 2 aromatic carbocycles. The predicted octanol–water partition coefficient (Wildman–Crippen LogP) is 3.37. The van der Waals surface area contributed by atoms with Crippen LogP contribution in [0.15, 0.2) is 36.4 Å². The lowest BCUT2D eigenvalue weighted by Crippen LogP contribution is -2.29. The average molecular weight is 286 g/mol. The van der Waals surface area contributed by atoms with Gasteiger partial charge in [0.25, 0.3) is 0 Å². The molecule has 0 fully saturated rings. The third-order valence-corrected chi connectivity index (χ3v) is 3.24. The zero-order chi connectivity index (χ0) is 15.2. The van der Waals surface area contributed by atoms with E-state index in [0.717, 1.165) is 17.1 Å². The smallest absolute Gasteiger partial charge is 0.347 e. The minimum absolute atomic E-state index is 0.303. The Morgan fingerprint density at radius 2 is 1.95 bits per heavy atom. The lowest BCUT2D eigenvalue weighted by Gasteiger charge is -2.17. The van der Waals surface area contributed by atoms with Gasteiger partial charge in [0.2, 0.25) is 0 Å². The largest absolute Gasteiger partial charge is 0.478 e. The van der Waals surface area contributed by atoms with Gasteiger partial charge in [-0.05, 0) is 30.2 Å². The Morgan fingerprint density at radius 1 is 1.19 bits per heavy atom. The van der Waals surface area contributed by atoms with Crippen LogP contribution in [0.1, 0.15) is 30.6 Å². The van der Waals surface area contributed by atoms with Crippen LogP contribution < -0.4 is 4.74 Å². The molecule has 0 spiro atoms. The number of esters is 1. The van der Waals surface area contributed by atoms with Gasteiger partial charge in [0.1, 0.15) is 5.75 Å². The van der Waals surface area contributed by atoms with E-state index in [1.165, 1.54) is 0 Å². The second-order valence-corrected chi connectivity index (χ2v) is 4.58. The molecule has 110 valence electrons. The Labute approximate surface area is 123 Å². The second-order valence-electron chi connectivity index (χ2n) is 4.58. The Bertz CT molecular complexity index is 648. The average Bonchev–Trinajstić information content (AvgIpc) is 2.52. The zero-order valence-electron chi connectivity index (χ0n) is 12.2. The number of benzene rings is 2. The quantitative estimate of drug-likeness (QED) is 0.603. The minimum atomic E-state index is -0.704. The normalized spacial score (nSPS) is 11.9. The van der Waals surface area contributed by atoms with Gasteiger partial charge in [0.05, 0.1) is 12.2 Å². The van der Waals surface area contributed by atoms with Crippen molar-refractivity contribution in [3.05, 3.63) is 42.0 Å². The number of ether oxygens (including phenoxy) is 2. The molecule has 0 heterocycles. The highest BCUT2D eigenvalue weighted by atomic mass is 16.6. The molecule has 0 aliphatic heterocycles. The second kappa shape index (κ2) is 6.88. The molecular weight excluding hydrogens is 268 g/mol. The van der Waals surface area contributed by atoms with E-state index in [0.29, 0.717) is 24.3 Å². The molecule has 2 aromatic rings. The molecule has 0 amide bonds. The molecule has 0 bridgehead atoms. The van der Waals surface area contributed by atoms with E-state index >= 15 is 0 Å². The van der Waals surface area contributed by atoms with Crippen LogP contribution in [-0.2, 0) is 9.53 Å². The highest BCUT2D eigenvalue weighted by molar-refractivity contribution is 6.00. The third-order valence-electron chi connectivity index (χ3n) is 3.24. The first-order valence-corrected chi connectivity index (χ1v) is 7.01. The minimum Gasteiger partial charge on any atom is -0.478 e. The fourth-order valence-electron chi connectivity index (χ4n) is 2.19. The van der Waals surface area contributed by atoms with Gasteiger partial charge in [-0.1, -0.05) is 37.3 Å². The fourth-order valence-corrected chi connectivity index (χ4v) is 2.19. The van der Waals surface area contributed by atoms with E-state index in [9.17, 15) is 9.59 Å². The highest BCUT2D eigenvalue weighted by Crippen LogP contribution is 2.27. The first-order valence-electron chi connectivity index (χ1n) is 7.01. The maximum absolute atomic E-state index is 11.8. The van der Waals surface area contributed by atoms with E-state index in [2.05, 4.69) is 0 Å². The summed E-state index contributed by atoms with van der Waals surface area (Å²) in [5.74, 6) is -0.00592. The molecule has 0 saturated carbocycles. The summed E-state index contributed by atoms with van der Waals surface area (Å²) in [7, 11) is 0. The standard InChI is InChI=1S/C17H18O4/c1-3-15(17(19)20-4-2)21-16-10-9-12-7-5-6-8-13(12)14(16)11-18/h5-11,15H,3-4H2,1-2H3. The predicted molar refractivity (Wildman–Crippen MR) is 80.7 cm³/mol. The van der Waals surface area contributed by atoms with Crippen LogP contribution in [0.25, 0.3) is 10.8 Å². The van der Waals surface area contributed by atoms with Crippen molar-refractivity contribution in [2.24, 2.45) is 0 Å². The van der Waals surface area contributed by atoms with Crippen molar-refractivity contribution in [3.63, 3.8) is 0 Å². The summed E-state index contributed by atoms with van der Waals surface area (Å²) in [6, 6.07) is 11.1. The summed E-state index contributed by atoms with van der Waals surface area (Å²) in [6.07, 6.45) is 0.532. The van der Waals surface area contributed by atoms with Crippen molar-refractivity contribution in [1.29, 1.82) is 0 Å². The zero-order valence-corrected chi connectivity index (χ0v) is 12.2. The molecule has 0 aliphatic rings. The lowest BCUT2D eigenvalue weighted by molar-refractivity contribution is -0.151. The number of carbonyl (C=O) groups is 2. The van der Waals surface area contributed by atoms with Crippen LogP contribution in [0.4, 0.5) is 0 Å².